The molecule has 1 aromatic heterocycles. The monoisotopic (exact) mass is 367 g/mol. The van der Waals surface area contributed by atoms with Crippen molar-refractivity contribution in [2.75, 3.05) is 26.8 Å². The van der Waals surface area contributed by atoms with Gasteiger partial charge in [0.25, 0.3) is 0 Å². The molecule has 1 aliphatic rings. The number of nitrogens with zero attached hydrogens (tertiary/aromatic N) is 2. The third-order valence-electron chi connectivity index (χ3n) is 4.57. The largest absolute Gasteiger partial charge is 0.384 e. The van der Waals surface area contributed by atoms with Crippen molar-refractivity contribution in [1.82, 2.24) is 15.3 Å². The van der Waals surface area contributed by atoms with Gasteiger partial charge in [-0.3, -0.25) is 0 Å². The maximum Gasteiger partial charge on any atom is 0.130 e. The maximum absolute atomic E-state index is 6.54. The van der Waals surface area contributed by atoms with Crippen molar-refractivity contribution < 1.29 is 4.74 Å². The minimum Gasteiger partial charge on any atom is -0.384 e. The fraction of sp³-hybridized carbons (Fsp3) is 0.444. The summed E-state index contributed by atoms with van der Waals surface area (Å²) in [4.78, 5) is 9.23. The van der Waals surface area contributed by atoms with E-state index in [-0.39, 0.29) is 17.8 Å². The zero-order valence-corrected chi connectivity index (χ0v) is 15.4. The topological polar surface area (TPSA) is 47.0 Å². The van der Waals surface area contributed by atoms with Crippen LogP contribution in [0, 0.1) is 0 Å². The highest BCUT2D eigenvalue weighted by molar-refractivity contribution is 6.31. The van der Waals surface area contributed by atoms with Gasteiger partial charge in [0.2, 0.25) is 0 Å². The van der Waals surface area contributed by atoms with E-state index >= 15 is 0 Å². The Morgan fingerprint density at radius 3 is 2.67 bits per heavy atom. The molecule has 0 saturated carbocycles. The first kappa shape index (κ1) is 19.1. The lowest BCUT2D eigenvalue weighted by Gasteiger charge is -2.38. The Balaban J connectivity index is 0.00000208. The van der Waals surface area contributed by atoms with Crippen molar-refractivity contribution in [3.05, 3.63) is 58.6 Å². The lowest BCUT2D eigenvalue weighted by atomic mass is 9.70. The molecule has 1 saturated heterocycles. The normalized spacial score (nSPS) is 16.4. The fourth-order valence-electron chi connectivity index (χ4n) is 3.35. The van der Waals surface area contributed by atoms with Crippen LogP contribution in [0.1, 0.15) is 29.9 Å². The number of aromatic nitrogens is 2. The van der Waals surface area contributed by atoms with E-state index in [4.69, 9.17) is 21.3 Å². The first-order chi connectivity index (χ1) is 11.3. The van der Waals surface area contributed by atoms with Crippen LogP contribution in [0.2, 0.25) is 5.02 Å². The molecule has 3 rings (SSSR count). The second kappa shape index (κ2) is 8.77. The Bertz CT molecular complexity index is 660. The molecule has 0 spiro atoms. The Morgan fingerprint density at radius 1 is 1.21 bits per heavy atom. The van der Waals surface area contributed by atoms with E-state index in [9.17, 15) is 0 Å². The number of hydrogen-bond donors (Lipinski definition) is 1. The zero-order valence-electron chi connectivity index (χ0n) is 13.8. The third-order valence-corrected chi connectivity index (χ3v) is 4.90. The molecule has 0 unspecified atom stereocenters. The van der Waals surface area contributed by atoms with E-state index in [0.29, 0.717) is 6.61 Å². The molecular formula is C18H23Cl2N3O. The number of benzene rings is 1. The number of ether oxygens (including phenoxy) is 1. The van der Waals surface area contributed by atoms with E-state index in [0.717, 1.165) is 48.9 Å². The van der Waals surface area contributed by atoms with E-state index in [1.165, 1.54) is 5.56 Å². The zero-order chi connectivity index (χ0) is 16.1. The summed E-state index contributed by atoms with van der Waals surface area (Å²) in [5, 5.41) is 4.25. The lowest BCUT2D eigenvalue weighted by molar-refractivity contribution is 0.200. The van der Waals surface area contributed by atoms with Crippen LogP contribution in [0.4, 0.5) is 0 Å². The number of nitrogens with one attached hydrogen (secondary N) is 1. The third kappa shape index (κ3) is 3.89. The van der Waals surface area contributed by atoms with Crippen molar-refractivity contribution in [1.29, 1.82) is 0 Å². The molecular weight excluding hydrogens is 345 g/mol. The lowest BCUT2D eigenvalue weighted by Crippen LogP contribution is -2.41. The van der Waals surface area contributed by atoms with Crippen LogP contribution < -0.4 is 5.32 Å². The minimum absolute atomic E-state index is 0. The Morgan fingerprint density at radius 2 is 1.96 bits per heavy atom. The van der Waals surface area contributed by atoms with E-state index in [1.54, 1.807) is 7.11 Å². The summed E-state index contributed by atoms with van der Waals surface area (Å²) >= 11 is 6.54. The second-order valence-corrected chi connectivity index (χ2v) is 6.32. The molecule has 1 aromatic carbocycles. The molecule has 2 aromatic rings. The summed E-state index contributed by atoms with van der Waals surface area (Å²) in [5.74, 6) is 0.828. The van der Waals surface area contributed by atoms with Gasteiger partial charge in [-0.25, -0.2) is 9.97 Å². The number of hydrogen-bond acceptors (Lipinski definition) is 4. The van der Waals surface area contributed by atoms with Crippen molar-refractivity contribution in [2.24, 2.45) is 0 Å². The van der Waals surface area contributed by atoms with Gasteiger partial charge in [0, 0.05) is 30.2 Å². The first-order valence-corrected chi connectivity index (χ1v) is 8.41. The number of rotatable bonds is 5. The Labute approximate surface area is 154 Å². The van der Waals surface area contributed by atoms with Gasteiger partial charge in [0.05, 0.1) is 12.3 Å². The van der Waals surface area contributed by atoms with Crippen LogP contribution >= 0.6 is 24.0 Å². The molecule has 0 bridgehead atoms. The van der Waals surface area contributed by atoms with Crippen molar-refractivity contribution >= 4 is 24.0 Å². The van der Waals surface area contributed by atoms with E-state index in [2.05, 4.69) is 22.4 Å². The molecule has 6 heteroatoms. The highest BCUT2D eigenvalue weighted by Gasteiger charge is 2.38. The van der Waals surface area contributed by atoms with Gasteiger partial charge < -0.3 is 10.1 Å². The Kier molecular flexibility index (Phi) is 6.99. The van der Waals surface area contributed by atoms with Crippen LogP contribution in [-0.2, 0) is 16.6 Å². The quantitative estimate of drug-likeness (QED) is 0.879. The van der Waals surface area contributed by atoms with Crippen LogP contribution in [0.25, 0.3) is 0 Å². The fourth-order valence-corrected chi connectivity index (χ4v) is 3.66. The summed E-state index contributed by atoms with van der Waals surface area (Å²) in [6, 6.07) is 10.2. The summed E-state index contributed by atoms with van der Waals surface area (Å²) in [7, 11) is 1.70. The number of methoxy groups -OCH3 is 1. The predicted octanol–water partition coefficient (Wildman–Crippen LogP) is 3.41. The minimum atomic E-state index is -0.144. The predicted molar refractivity (Wildman–Crippen MR) is 99.2 cm³/mol. The van der Waals surface area contributed by atoms with Crippen LogP contribution in [0.15, 0.2) is 36.5 Å². The van der Waals surface area contributed by atoms with Gasteiger partial charge in [0.1, 0.15) is 5.82 Å². The van der Waals surface area contributed by atoms with Gasteiger partial charge in [-0.1, -0.05) is 29.8 Å². The SMILES string of the molecule is COCCc1nccc(C2(c3ccccc3Cl)CCNCC2)n1.Cl. The smallest absolute Gasteiger partial charge is 0.130 e. The number of piperidine rings is 1. The summed E-state index contributed by atoms with van der Waals surface area (Å²) in [5.41, 5.74) is 2.08. The number of halogens is 2. The van der Waals surface area contributed by atoms with E-state index in [1.807, 2.05) is 24.4 Å². The molecule has 1 aliphatic heterocycles. The van der Waals surface area contributed by atoms with E-state index < -0.39 is 0 Å². The Hall–Kier alpha value is -1.20. The molecule has 0 atom stereocenters. The molecule has 130 valence electrons. The standard InChI is InChI=1S/C18H22ClN3O.ClH/c1-23-13-7-17-21-10-6-16(22-17)18(8-11-20-12-9-18)14-4-2-3-5-15(14)19;/h2-6,10,20H,7-9,11-13H2,1H3;1H. The molecule has 4 nitrogen and oxygen atoms in total. The van der Waals surface area contributed by atoms with Gasteiger partial charge in [-0.2, -0.15) is 0 Å². The molecule has 0 radical (unpaired) electrons. The molecule has 1 N–H and O–H groups in total. The van der Waals surface area contributed by atoms with Crippen LogP contribution in [-0.4, -0.2) is 36.8 Å². The van der Waals surface area contributed by atoms with Gasteiger partial charge in [-0.15, -0.1) is 12.4 Å². The van der Waals surface area contributed by atoms with Gasteiger partial charge in [-0.05, 0) is 43.6 Å². The molecule has 0 amide bonds. The highest BCUT2D eigenvalue weighted by Crippen LogP contribution is 2.42. The maximum atomic E-state index is 6.54. The van der Waals surface area contributed by atoms with Gasteiger partial charge in [0.15, 0.2) is 0 Å². The van der Waals surface area contributed by atoms with Crippen LogP contribution in [0.3, 0.4) is 0 Å². The first-order valence-electron chi connectivity index (χ1n) is 8.03. The van der Waals surface area contributed by atoms with Crippen molar-refractivity contribution in [3.63, 3.8) is 0 Å². The second-order valence-electron chi connectivity index (χ2n) is 5.91. The van der Waals surface area contributed by atoms with Crippen molar-refractivity contribution in [3.8, 4) is 0 Å². The summed E-state index contributed by atoms with van der Waals surface area (Å²) in [6.07, 6.45) is 4.55. The average molecular weight is 368 g/mol. The molecule has 1 fully saturated rings. The summed E-state index contributed by atoms with van der Waals surface area (Å²) in [6.45, 7) is 2.55. The summed E-state index contributed by atoms with van der Waals surface area (Å²) < 4.78 is 5.15. The molecule has 0 aliphatic carbocycles. The van der Waals surface area contributed by atoms with Crippen molar-refractivity contribution in [2.45, 2.75) is 24.7 Å². The van der Waals surface area contributed by atoms with Gasteiger partial charge >= 0.3 is 0 Å². The highest BCUT2D eigenvalue weighted by atomic mass is 35.5. The molecule has 2 heterocycles. The molecule has 24 heavy (non-hydrogen) atoms. The average Bonchev–Trinajstić information content (AvgIpc) is 2.61. The van der Waals surface area contributed by atoms with Crippen LogP contribution in [0.5, 0.6) is 0 Å².